The highest BCUT2D eigenvalue weighted by atomic mass is 16.5. The second-order valence-corrected chi connectivity index (χ2v) is 7.70. The van der Waals surface area contributed by atoms with Gasteiger partial charge in [-0.2, -0.15) is 0 Å². The van der Waals surface area contributed by atoms with Crippen molar-refractivity contribution < 1.29 is 19.0 Å². The first-order valence-corrected chi connectivity index (χ1v) is 10.6. The van der Waals surface area contributed by atoms with Crippen molar-refractivity contribution in [3.05, 3.63) is 53.6 Å². The molecule has 162 valence electrons. The van der Waals surface area contributed by atoms with Gasteiger partial charge < -0.3 is 25.3 Å². The maximum absolute atomic E-state index is 12.2. The normalized spacial score (nSPS) is 15.7. The number of methoxy groups -OCH3 is 2. The molecule has 6 nitrogen and oxygen atoms in total. The van der Waals surface area contributed by atoms with Gasteiger partial charge in [-0.1, -0.05) is 37.8 Å². The third kappa shape index (κ3) is 5.89. The summed E-state index contributed by atoms with van der Waals surface area (Å²) >= 11 is 0. The van der Waals surface area contributed by atoms with E-state index in [4.69, 9.17) is 19.9 Å². The molecule has 1 aliphatic rings. The fourth-order valence-electron chi connectivity index (χ4n) is 3.87. The quantitative estimate of drug-likeness (QED) is 0.641. The van der Waals surface area contributed by atoms with Crippen molar-refractivity contribution in [3.8, 4) is 17.2 Å². The summed E-state index contributed by atoms with van der Waals surface area (Å²) in [6, 6.07) is 13.0. The van der Waals surface area contributed by atoms with Gasteiger partial charge in [0, 0.05) is 17.7 Å². The van der Waals surface area contributed by atoms with Crippen LogP contribution in [0.3, 0.4) is 0 Å². The number of benzene rings is 2. The van der Waals surface area contributed by atoms with Gasteiger partial charge in [0.05, 0.1) is 20.3 Å². The Morgan fingerprint density at radius 1 is 1.00 bits per heavy atom. The lowest BCUT2D eigenvalue weighted by Gasteiger charge is -2.18. The molecule has 30 heavy (non-hydrogen) atoms. The number of carbonyl (C=O) groups excluding carboxylic acids is 1. The van der Waals surface area contributed by atoms with Crippen molar-refractivity contribution in [2.24, 2.45) is 5.73 Å². The van der Waals surface area contributed by atoms with Crippen LogP contribution in [0.4, 0.5) is 0 Å². The van der Waals surface area contributed by atoms with Crippen LogP contribution in [0.2, 0.25) is 0 Å². The molecular weight excluding hydrogens is 380 g/mol. The van der Waals surface area contributed by atoms with Gasteiger partial charge in [0.1, 0.15) is 17.2 Å². The molecule has 2 aromatic carbocycles. The molecule has 3 rings (SSSR count). The van der Waals surface area contributed by atoms with E-state index >= 15 is 0 Å². The first-order chi connectivity index (χ1) is 14.6. The molecule has 0 bridgehead atoms. The number of ether oxygens (including phenoxy) is 3. The van der Waals surface area contributed by atoms with E-state index in [1.54, 1.807) is 14.2 Å². The van der Waals surface area contributed by atoms with E-state index in [2.05, 4.69) is 5.32 Å². The molecule has 0 radical (unpaired) electrons. The van der Waals surface area contributed by atoms with Gasteiger partial charge in [0.15, 0.2) is 6.61 Å². The fraction of sp³-hybridized carbons (Fsp3) is 0.458. The molecule has 1 fully saturated rings. The summed E-state index contributed by atoms with van der Waals surface area (Å²) < 4.78 is 16.4. The van der Waals surface area contributed by atoms with Crippen LogP contribution in [-0.2, 0) is 4.79 Å². The third-order valence-electron chi connectivity index (χ3n) is 5.61. The molecule has 0 spiro atoms. The van der Waals surface area contributed by atoms with Crippen molar-refractivity contribution in [3.63, 3.8) is 0 Å². The molecule has 2 aromatic rings. The number of hydrogen-bond acceptors (Lipinski definition) is 5. The van der Waals surface area contributed by atoms with Crippen LogP contribution in [0.5, 0.6) is 17.2 Å². The van der Waals surface area contributed by atoms with E-state index in [-0.39, 0.29) is 24.6 Å². The Kier molecular flexibility index (Phi) is 7.97. The maximum atomic E-state index is 12.2. The Labute approximate surface area is 178 Å². The molecule has 0 heterocycles. The molecule has 3 N–H and O–H groups in total. The lowest BCUT2D eigenvalue weighted by atomic mass is 9.98. The number of amides is 1. The first-order valence-electron chi connectivity index (χ1n) is 10.6. The van der Waals surface area contributed by atoms with Gasteiger partial charge >= 0.3 is 0 Å². The van der Waals surface area contributed by atoms with Crippen LogP contribution in [0, 0.1) is 0 Å². The number of nitrogens with one attached hydrogen (secondary N) is 1. The van der Waals surface area contributed by atoms with Crippen molar-refractivity contribution in [1.82, 2.24) is 5.32 Å². The third-order valence-corrected chi connectivity index (χ3v) is 5.61. The summed E-state index contributed by atoms with van der Waals surface area (Å²) in [4.78, 5) is 12.2. The maximum Gasteiger partial charge on any atom is 0.258 e. The predicted molar refractivity (Wildman–Crippen MR) is 117 cm³/mol. The first kappa shape index (κ1) is 22.0. The lowest BCUT2D eigenvalue weighted by molar-refractivity contribution is -0.123. The molecule has 0 saturated heterocycles. The lowest BCUT2D eigenvalue weighted by Crippen LogP contribution is -2.37. The Morgan fingerprint density at radius 2 is 1.67 bits per heavy atom. The van der Waals surface area contributed by atoms with Crippen molar-refractivity contribution >= 4 is 5.91 Å². The largest absolute Gasteiger partial charge is 0.497 e. The summed E-state index contributed by atoms with van der Waals surface area (Å²) in [6.45, 7) is 0.0220. The molecule has 1 aliphatic carbocycles. The Bertz CT molecular complexity index is 814. The molecule has 0 aromatic heterocycles. The molecule has 1 amide bonds. The summed E-state index contributed by atoms with van der Waals surface area (Å²) in [5, 5.41) is 3.09. The number of rotatable bonds is 8. The van der Waals surface area contributed by atoms with E-state index in [9.17, 15) is 4.79 Å². The van der Waals surface area contributed by atoms with Crippen LogP contribution < -0.4 is 25.3 Å². The molecule has 0 aliphatic heterocycles. The second-order valence-electron chi connectivity index (χ2n) is 7.70. The van der Waals surface area contributed by atoms with Gasteiger partial charge in [-0.15, -0.1) is 0 Å². The second kappa shape index (κ2) is 10.9. The highest BCUT2D eigenvalue weighted by Gasteiger charge is 2.16. The standard InChI is InChI=1S/C24H32N2O4/c1-28-20-13-14-21(22(15-20)29-2)24(25)17-9-11-19(12-10-17)30-16-23(27)26-18-7-5-3-4-6-8-18/h9-15,18,24H,3-8,16,25H2,1-2H3,(H,26,27). The molecule has 6 heteroatoms. The van der Waals surface area contributed by atoms with Crippen LogP contribution in [0.15, 0.2) is 42.5 Å². The van der Waals surface area contributed by atoms with Crippen LogP contribution in [-0.4, -0.2) is 32.8 Å². The number of hydrogen-bond donors (Lipinski definition) is 2. The van der Waals surface area contributed by atoms with E-state index in [0.717, 1.165) is 24.0 Å². The summed E-state index contributed by atoms with van der Waals surface area (Å²) in [6.07, 6.45) is 7.03. The van der Waals surface area contributed by atoms with Crippen LogP contribution in [0.25, 0.3) is 0 Å². The Morgan fingerprint density at radius 3 is 2.30 bits per heavy atom. The van der Waals surface area contributed by atoms with Crippen molar-refractivity contribution in [2.75, 3.05) is 20.8 Å². The highest BCUT2D eigenvalue weighted by Crippen LogP contribution is 2.32. The minimum absolute atomic E-state index is 0.0220. The number of carbonyl (C=O) groups is 1. The van der Waals surface area contributed by atoms with Crippen molar-refractivity contribution in [2.45, 2.75) is 50.6 Å². The minimum Gasteiger partial charge on any atom is -0.497 e. The van der Waals surface area contributed by atoms with Crippen LogP contribution >= 0.6 is 0 Å². The van der Waals surface area contributed by atoms with Crippen LogP contribution in [0.1, 0.15) is 55.7 Å². The molecular formula is C24H32N2O4. The summed E-state index contributed by atoms with van der Waals surface area (Å²) in [5.41, 5.74) is 8.24. The molecule has 1 unspecified atom stereocenters. The predicted octanol–water partition coefficient (Wildman–Crippen LogP) is 3.97. The van der Waals surface area contributed by atoms with E-state index in [1.807, 2.05) is 42.5 Å². The average Bonchev–Trinajstić information content (AvgIpc) is 3.05. The SMILES string of the molecule is COc1ccc(C(N)c2ccc(OCC(=O)NC3CCCCCC3)cc2)c(OC)c1. The van der Waals surface area contributed by atoms with Crippen molar-refractivity contribution in [1.29, 1.82) is 0 Å². The topological polar surface area (TPSA) is 82.8 Å². The Balaban J connectivity index is 1.56. The minimum atomic E-state index is -0.349. The van der Waals surface area contributed by atoms with Gasteiger partial charge in [-0.25, -0.2) is 0 Å². The fourth-order valence-corrected chi connectivity index (χ4v) is 3.87. The van der Waals surface area contributed by atoms with Gasteiger partial charge in [-0.3, -0.25) is 4.79 Å². The zero-order valence-corrected chi connectivity index (χ0v) is 17.9. The summed E-state index contributed by atoms with van der Waals surface area (Å²) in [5.74, 6) is 1.97. The zero-order chi connectivity index (χ0) is 21.3. The van der Waals surface area contributed by atoms with Gasteiger partial charge in [0.2, 0.25) is 0 Å². The highest BCUT2D eigenvalue weighted by molar-refractivity contribution is 5.77. The zero-order valence-electron chi connectivity index (χ0n) is 17.9. The number of nitrogens with two attached hydrogens (primary N) is 1. The smallest absolute Gasteiger partial charge is 0.258 e. The molecule has 1 saturated carbocycles. The summed E-state index contributed by atoms with van der Waals surface area (Å²) in [7, 11) is 3.23. The van der Waals surface area contributed by atoms with E-state index < -0.39 is 0 Å². The van der Waals surface area contributed by atoms with E-state index in [1.165, 1.54) is 25.7 Å². The van der Waals surface area contributed by atoms with Gasteiger partial charge in [0.25, 0.3) is 5.91 Å². The van der Waals surface area contributed by atoms with Gasteiger partial charge in [-0.05, 0) is 42.7 Å². The Hall–Kier alpha value is -2.73. The molecule has 1 atom stereocenters. The average molecular weight is 413 g/mol. The monoisotopic (exact) mass is 412 g/mol. The van der Waals surface area contributed by atoms with E-state index in [0.29, 0.717) is 17.2 Å².